The molecule has 274 valence electrons. The summed E-state index contributed by atoms with van der Waals surface area (Å²) in [7, 11) is 0. The van der Waals surface area contributed by atoms with Crippen LogP contribution in [-0.4, -0.2) is 37.7 Å². The van der Waals surface area contributed by atoms with Crippen LogP contribution in [0.4, 0.5) is 0 Å². The molecule has 0 aromatic heterocycles. The molecule has 0 aliphatic carbocycles. The summed E-state index contributed by atoms with van der Waals surface area (Å²) in [4.78, 5) is 25.2. The van der Waals surface area contributed by atoms with E-state index in [2.05, 4.69) is 13.2 Å². The van der Waals surface area contributed by atoms with Crippen LogP contribution in [0, 0.1) is 0 Å². The van der Waals surface area contributed by atoms with Crippen LogP contribution >= 0.6 is 0 Å². The number of fused-ring (bicyclic) bond motifs is 2. The largest absolute Gasteiger partial charge is 0.493 e. The fourth-order valence-corrected chi connectivity index (χ4v) is 5.76. The smallest absolute Gasteiger partial charge is 0.336 e. The minimum absolute atomic E-state index is 0.181. The molecule has 0 N–H and O–H groups in total. The molecule has 8 heteroatoms. The van der Waals surface area contributed by atoms with Gasteiger partial charge in [-0.2, -0.15) is 0 Å². The third-order valence-corrected chi connectivity index (χ3v) is 8.48. The second kappa shape index (κ2) is 17.8. The van der Waals surface area contributed by atoms with E-state index in [0.29, 0.717) is 23.0 Å². The Morgan fingerprint density at radius 3 is 1.26 bits per heavy atom. The molecule has 0 bridgehead atoms. The monoisotopic (exact) mass is 722 g/mol. The maximum Gasteiger partial charge on any atom is 0.336 e. The molecule has 0 saturated heterocycles. The average Bonchev–Trinajstić information content (AvgIpc) is 3.18. The Balaban J connectivity index is 1.15. The van der Waals surface area contributed by atoms with E-state index in [0.717, 1.165) is 32.7 Å². The van der Waals surface area contributed by atoms with Gasteiger partial charge in [-0.05, 0) is 48.9 Å². The molecule has 0 radical (unpaired) electrons. The van der Waals surface area contributed by atoms with Gasteiger partial charge in [0, 0.05) is 33.0 Å². The summed E-state index contributed by atoms with van der Waals surface area (Å²) in [5.74, 6) is 1.31. The number of carbonyl (C=O) groups is 2. The summed E-state index contributed by atoms with van der Waals surface area (Å²) in [6, 6.07) is 42.4. The van der Waals surface area contributed by atoms with Crippen molar-refractivity contribution >= 4 is 33.5 Å². The van der Waals surface area contributed by atoms with E-state index in [9.17, 15) is 9.59 Å². The van der Waals surface area contributed by atoms with Crippen LogP contribution in [0.2, 0.25) is 0 Å². The molecule has 0 spiro atoms. The SMILES string of the molecule is C=C(C)C(=O)OC(CCOc1ccccc1-c1ccccc1OCCC(OC(=O)C(=C)C)Oc1cccc2ccccc12)Oc1cccc2ccccc12. The van der Waals surface area contributed by atoms with E-state index in [4.69, 9.17) is 28.4 Å². The first kappa shape index (κ1) is 37.2. The van der Waals surface area contributed by atoms with Gasteiger partial charge >= 0.3 is 11.9 Å². The van der Waals surface area contributed by atoms with Gasteiger partial charge < -0.3 is 28.4 Å². The summed E-state index contributed by atoms with van der Waals surface area (Å²) in [5, 5.41) is 3.82. The lowest BCUT2D eigenvalue weighted by Crippen LogP contribution is -2.27. The lowest BCUT2D eigenvalue weighted by Gasteiger charge is -2.22. The van der Waals surface area contributed by atoms with Crippen molar-refractivity contribution in [2.24, 2.45) is 0 Å². The van der Waals surface area contributed by atoms with Gasteiger partial charge in [0.15, 0.2) is 0 Å². The van der Waals surface area contributed by atoms with Crippen molar-refractivity contribution in [3.63, 3.8) is 0 Å². The molecule has 2 atom stereocenters. The third-order valence-electron chi connectivity index (χ3n) is 8.48. The number of esters is 2. The van der Waals surface area contributed by atoms with E-state index in [1.165, 1.54) is 0 Å². The molecule has 0 heterocycles. The number of hydrogen-bond acceptors (Lipinski definition) is 8. The average molecular weight is 723 g/mol. The molecule has 0 amide bonds. The maximum absolute atomic E-state index is 12.6. The van der Waals surface area contributed by atoms with Crippen molar-refractivity contribution < 1.29 is 38.0 Å². The van der Waals surface area contributed by atoms with Gasteiger partial charge in [0.1, 0.15) is 23.0 Å². The topological polar surface area (TPSA) is 89.5 Å². The zero-order chi connectivity index (χ0) is 37.9. The lowest BCUT2D eigenvalue weighted by molar-refractivity contribution is -0.161. The van der Waals surface area contributed by atoms with Crippen LogP contribution < -0.4 is 18.9 Å². The van der Waals surface area contributed by atoms with Gasteiger partial charge in [0.25, 0.3) is 0 Å². The summed E-state index contributed by atoms with van der Waals surface area (Å²) >= 11 is 0. The minimum Gasteiger partial charge on any atom is -0.493 e. The zero-order valence-corrected chi connectivity index (χ0v) is 30.4. The van der Waals surface area contributed by atoms with Crippen molar-refractivity contribution in [2.45, 2.75) is 39.3 Å². The number of carbonyl (C=O) groups excluding carboxylic acids is 2. The molecule has 54 heavy (non-hydrogen) atoms. The van der Waals surface area contributed by atoms with E-state index in [-0.39, 0.29) is 37.2 Å². The Morgan fingerprint density at radius 1 is 0.481 bits per heavy atom. The first-order valence-electron chi connectivity index (χ1n) is 17.7. The van der Waals surface area contributed by atoms with E-state index >= 15 is 0 Å². The normalized spacial score (nSPS) is 12.0. The van der Waals surface area contributed by atoms with E-state index in [1.54, 1.807) is 13.8 Å². The molecule has 2 unspecified atom stereocenters. The fourth-order valence-electron chi connectivity index (χ4n) is 5.76. The van der Waals surface area contributed by atoms with Gasteiger partial charge in [-0.3, -0.25) is 0 Å². The molecule has 6 rings (SSSR count). The highest BCUT2D eigenvalue weighted by Crippen LogP contribution is 2.37. The minimum atomic E-state index is -0.925. The summed E-state index contributed by atoms with van der Waals surface area (Å²) in [5.41, 5.74) is 2.14. The van der Waals surface area contributed by atoms with Crippen molar-refractivity contribution in [1.82, 2.24) is 0 Å². The Labute approximate surface area is 315 Å². The van der Waals surface area contributed by atoms with Gasteiger partial charge in [-0.15, -0.1) is 0 Å². The predicted octanol–water partition coefficient (Wildman–Crippen LogP) is 10.2. The van der Waals surface area contributed by atoms with E-state index < -0.39 is 24.5 Å². The summed E-state index contributed by atoms with van der Waals surface area (Å²) in [6.07, 6.45) is -1.36. The molecular weight excluding hydrogens is 680 g/mol. The van der Waals surface area contributed by atoms with Crippen molar-refractivity contribution in [3.05, 3.63) is 158 Å². The highest BCUT2D eigenvalue weighted by atomic mass is 16.7. The molecule has 6 aromatic rings. The Kier molecular flexibility index (Phi) is 12.3. The molecule has 0 saturated carbocycles. The van der Waals surface area contributed by atoms with Crippen LogP contribution in [-0.2, 0) is 19.1 Å². The Hall–Kier alpha value is -6.54. The van der Waals surface area contributed by atoms with Gasteiger partial charge in [-0.1, -0.05) is 122 Å². The van der Waals surface area contributed by atoms with Crippen LogP contribution in [0.1, 0.15) is 26.7 Å². The number of para-hydroxylation sites is 2. The van der Waals surface area contributed by atoms with Crippen LogP contribution in [0.15, 0.2) is 158 Å². The number of ether oxygens (including phenoxy) is 6. The molecule has 8 nitrogen and oxygen atoms in total. The van der Waals surface area contributed by atoms with Crippen LogP contribution in [0.5, 0.6) is 23.0 Å². The van der Waals surface area contributed by atoms with Gasteiger partial charge in [-0.25, -0.2) is 9.59 Å². The fraction of sp³-hybridized carbons (Fsp3) is 0.174. The van der Waals surface area contributed by atoms with Crippen LogP contribution in [0.25, 0.3) is 32.7 Å². The lowest BCUT2D eigenvalue weighted by atomic mass is 10.0. The standard InChI is InChI=1S/C46H42O8/c1-31(2)45(47)53-43(51-41-25-13-17-33-15-5-7-19-35(33)41)27-29-49-39-23-11-9-21-37(39)38-22-10-12-24-40(38)50-30-28-44(54-46(48)32(3)4)52-42-26-14-18-34-16-6-8-20-36(34)42/h5-26,43-44H,1,3,27-30H2,2,4H3. The quantitative estimate of drug-likeness (QED) is 0.0522. The summed E-state index contributed by atoms with van der Waals surface area (Å²) < 4.78 is 36.5. The Bertz CT molecular complexity index is 2100. The third kappa shape index (κ3) is 9.46. The zero-order valence-electron chi connectivity index (χ0n) is 30.4. The molecule has 0 fully saturated rings. The maximum atomic E-state index is 12.6. The van der Waals surface area contributed by atoms with E-state index in [1.807, 2.05) is 133 Å². The highest BCUT2D eigenvalue weighted by molar-refractivity contribution is 5.90. The van der Waals surface area contributed by atoms with Gasteiger partial charge in [0.05, 0.1) is 26.1 Å². The first-order chi connectivity index (χ1) is 26.3. The first-order valence-corrected chi connectivity index (χ1v) is 17.7. The van der Waals surface area contributed by atoms with Gasteiger partial charge in [0.2, 0.25) is 12.6 Å². The van der Waals surface area contributed by atoms with Crippen molar-refractivity contribution in [1.29, 1.82) is 0 Å². The van der Waals surface area contributed by atoms with Crippen molar-refractivity contribution in [2.75, 3.05) is 13.2 Å². The number of hydrogen-bond donors (Lipinski definition) is 0. The second-order valence-electron chi connectivity index (χ2n) is 12.7. The molecule has 0 aliphatic rings. The Morgan fingerprint density at radius 2 is 0.833 bits per heavy atom. The second-order valence-corrected chi connectivity index (χ2v) is 12.7. The molecule has 6 aromatic carbocycles. The summed E-state index contributed by atoms with van der Waals surface area (Å²) in [6.45, 7) is 11.0. The van der Waals surface area contributed by atoms with Crippen LogP contribution in [0.3, 0.4) is 0 Å². The number of rotatable bonds is 17. The van der Waals surface area contributed by atoms with Crippen molar-refractivity contribution in [3.8, 4) is 34.1 Å². The predicted molar refractivity (Wildman–Crippen MR) is 211 cm³/mol. The molecule has 0 aliphatic heterocycles. The highest BCUT2D eigenvalue weighted by Gasteiger charge is 2.21. The molecular formula is C46H42O8. The number of benzene rings is 6.